The van der Waals surface area contributed by atoms with Gasteiger partial charge in [0.2, 0.25) is 0 Å². The Morgan fingerprint density at radius 2 is 2.33 bits per heavy atom. The Labute approximate surface area is 98.0 Å². The van der Waals surface area contributed by atoms with E-state index in [2.05, 4.69) is 11.8 Å². The van der Waals surface area contributed by atoms with Crippen LogP contribution in [-0.2, 0) is 4.74 Å². The predicted octanol–water partition coefficient (Wildman–Crippen LogP) is 1.41. The summed E-state index contributed by atoms with van der Waals surface area (Å²) in [6.45, 7) is 5.58. The fraction of sp³-hybridized carbons (Fsp3) is 0.909. The molecule has 1 heterocycles. The number of rotatable bonds is 5. The molecule has 1 rings (SSSR count). The number of hydrogen-bond acceptors (Lipinski definition) is 3. The van der Waals surface area contributed by atoms with Crippen LogP contribution in [0.15, 0.2) is 0 Å². The van der Waals surface area contributed by atoms with Crippen molar-refractivity contribution < 1.29 is 4.74 Å². The zero-order valence-corrected chi connectivity index (χ0v) is 10.6. The highest BCUT2D eigenvalue weighted by atomic mass is 32.1. The molecule has 0 radical (unpaired) electrons. The Bertz CT molecular complexity index is 211. The van der Waals surface area contributed by atoms with Gasteiger partial charge in [0, 0.05) is 13.7 Å². The summed E-state index contributed by atoms with van der Waals surface area (Å²) < 4.78 is 5.47. The van der Waals surface area contributed by atoms with Crippen molar-refractivity contribution in [3.63, 3.8) is 0 Å². The maximum Gasteiger partial charge on any atom is 0.0727 e. The molecule has 0 aromatic rings. The average Bonchev–Trinajstić information content (AvgIpc) is 2.20. The third-order valence-electron chi connectivity index (χ3n) is 3.17. The number of piperidine rings is 1. The van der Waals surface area contributed by atoms with Gasteiger partial charge in [-0.1, -0.05) is 19.1 Å². The number of thiocarbonyl (C=S) groups is 1. The number of nitrogens with zero attached hydrogens (tertiary/aromatic N) is 1. The van der Waals surface area contributed by atoms with Crippen molar-refractivity contribution in [1.29, 1.82) is 0 Å². The van der Waals surface area contributed by atoms with Crippen LogP contribution in [0.25, 0.3) is 0 Å². The van der Waals surface area contributed by atoms with Crippen molar-refractivity contribution in [2.45, 2.75) is 32.3 Å². The predicted molar refractivity (Wildman–Crippen MR) is 67.0 cm³/mol. The van der Waals surface area contributed by atoms with E-state index in [1.54, 1.807) is 7.11 Å². The Kier molecular flexibility index (Phi) is 5.50. The second-order valence-corrected chi connectivity index (χ2v) is 4.93. The van der Waals surface area contributed by atoms with Gasteiger partial charge in [0.15, 0.2) is 0 Å². The van der Waals surface area contributed by atoms with Gasteiger partial charge in [0.25, 0.3) is 0 Å². The minimum atomic E-state index is 0.392. The molecule has 3 nitrogen and oxygen atoms in total. The van der Waals surface area contributed by atoms with Crippen LogP contribution in [0.5, 0.6) is 0 Å². The highest BCUT2D eigenvalue weighted by molar-refractivity contribution is 7.80. The van der Waals surface area contributed by atoms with E-state index in [-0.39, 0.29) is 0 Å². The van der Waals surface area contributed by atoms with Gasteiger partial charge < -0.3 is 15.4 Å². The largest absolute Gasteiger partial charge is 0.393 e. The van der Waals surface area contributed by atoms with Crippen molar-refractivity contribution in [3.8, 4) is 0 Å². The average molecular weight is 230 g/mol. The van der Waals surface area contributed by atoms with E-state index < -0.39 is 0 Å². The third-order valence-corrected chi connectivity index (χ3v) is 3.38. The molecule has 0 aromatic heterocycles. The second-order valence-electron chi connectivity index (χ2n) is 4.41. The molecular formula is C11H22N2OS. The molecule has 0 aromatic carbocycles. The first-order chi connectivity index (χ1) is 7.13. The van der Waals surface area contributed by atoms with Gasteiger partial charge in [-0.3, -0.25) is 0 Å². The summed E-state index contributed by atoms with van der Waals surface area (Å²) in [5.41, 5.74) is 5.47. The summed E-state index contributed by atoms with van der Waals surface area (Å²) in [5, 5.41) is 0. The summed E-state index contributed by atoms with van der Waals surface area (Å²) in [6, 6.07) is 0. The summed E-state index contributed by atoms with van der Waals surface area (Å²) in [5.74, 6) is 0.682. The van der Waals surface area contributed by atoms with E-state index in [4.69, 9.17) is 22.7 Å². The zero-order valence-electron chi connectivity index (χ0n) is 9.74. The van der Waals surface area contributed by atoms with Crippen LogP contribution in [-0.4, -0.2) is 42.7 Å². The summed E-state index contributed by atoms with van der Waals surface area (Å²) >= 11 is 4.86. The minimum Gasteiger partial charge on any atom is -0.393 e. The van der Waals surface area contributed by atoms with Crippen molar-refractivity contribution >= 4 is 17.2 Å². The second kappa shape index (κ2) is 6.40. The monoisotopic (exact) mass is 230 g/mol. The lowest BCUT2D eigenvalue weighted by atomic mass is 9.96. The van der Waals surface area contributed by atoms with Crippen LogP contribution in [0.2, 0.25) is 0 Å². The van der Waals surface area contributed by atoms with Gasteiger partial charge in [0.1, 0.15) is 0 Å². The lowest BCUT2D eigenvalue weighted by Crippen LogP contribution is -2.44. The normalized spacial score (nSPS) is 27.9. The quantitative estimate of drug-likeness (QED) is 0.725. The SMILES string of the molecule is COC1CN(CCCC(N)=S)CCC1C. The number of hydrogen-bond donors (Lipinski definition) is 1. The first-order valence-corrected chi connectivity index (χ1v) is 6.07. The lowest BCUT2D eigenvalue weighted by molar-refractivity contribution is -0.00494. The first-order valence-electron chi connectivity index (χ1n) is 5.67. The van der Waals surface area contributed by atoms with Gasteiger partial charge in [-0.05, 0) is 38.3 Å². The number of likely N-dealkylation sites (tertiary alicyclic amines) is 1. The van der Waals surface area contributed by atoms with Crippen molar-refractivity contribution in [3.05, 3.63) is 0 Å². The number of methoxy groups -OCH3 is 1. The maximum absolute atomic E-state index is 5.47. The van der Waals surface area contributed by atoms with Crippen LogP contribution in [0.3, 0.4) is 0 Å². The molecule has 15 heavy (non-hydrogen) atoms. The van der Waals surface area contributed by atoms with Crippen LogP contribution < -0.4 is 5.73 Å². The molecule has 0 aliphatic carbocycles. The molecule has 1 saturated heterocycles. The number of nitrogens with two attached hydrogens (primary N) is 1. The van der Waals surface area contributed by atoms with Gasteiger partial charge in [-0.15, -0.1) is 0 Å². The summed E-state index contributed by atoms with van der Waals surface area (Å²) in [6.07, 6.45) is 3.55. The zero-order chi connectivity index (χ0) is 11.3. The van der Waals surface area contributed by atoms with Crippen LogP contribution in [0, 0.1) is 5.92 Å². The van der Waals surface area contributed by atoms with Crippen molar-refractivity contribution in [2.75, 3.05) is 26.7 Å². The highest BCUT2D eigenvalue weighted by Gasteiger charge is 2.25. The van der Waals surface area contributed by atoms with Crippen LogP contribution in [0.4, 0.5) is 0 Å². The lowest BCUT2D eigenvalue weighted by Gasteiger charge is -2.36. The van der Waals surface area contributed by atoms with Crippen LogP contribution >= 0.6 is 12.2 Å². The minimum absolute atomic E-state index is 0.392. The summed E-state index contributed by atoms with van der Waals surface area (Å²) in [4.78, 5) is 3.08. The molecule has 2 unspecified atom stereocenters. The Hall–Kier alpha value is -0.190. The van der Waals surface area contributed by atoms with Crippen LogP contribution in [0.1, 0.15) is 26.2 Å². The van der Waals surface area contributed by atoms with E-state index in [1.807, 2.05) is 0 Å². The topological polar surface area (TPSA) is 38.5 Å². The van der Waals surface area contributed by atoms with Gasteiger partial charge in [-0.2, -0.15) is 0 Å². The molecule has 1 fully saturated rings. The molecule has 0 spiro atoms. The molecule has 1 aliphatic heterocycles. The Morgan fingerprint density at radius 3 is 2.93 bits per heavy atom. The third kappa shape index (κ3) is 4.45. The van der Waals surface area contributed by atoms with E-state index in [0.717, 1.165) is 25.9 Å². The van der Waals surface area contributed by atoms with E-state index in [9.17, 15) is 0 Å². The fourth-order valence-electron chi connectivity index (χ4n) is 2.08. The number of ether oxygens (including phenoxy) is 1. The molecule has 0 saturated carbocycles. The summed E-state index contributed by atoms with van der Waals surface area (Å²) in [7, 11) is 1.81. The Morgan fingerprint density at radius 1 is 1.60 bits per heavy atom. The molecule has 0 amide bonds. The van der Waals surface area contributed by atoms with Gasteiger partial charge in [0.05, 0.1) is 11.1 Å². The smallest absolute Gasteiger partial charge is 0.0727 e. The fourth-order valence-corrected chi connectivity index (χ4v) is 2.23. The molecule has 1 aliphatic rings. The van der Waals surface area contributed by atoms with E-state index in [1.165, 1.54) is 13.0 Å². The molecule has 2 N–H and O–H groups in total. The highest BCUT2D eigenvalue weighted by Crippen LogP contribution is 2.19. The van der Waals surface area contributed by atoms with E-state index >= 15 is 0 Å². The van der Waals surface area contributed by atoms with Gasteiger partial charge >= 0.3 is 0 Å². The Balaban J connectivity index is 2.23. The molecule has 2 atom stereocenters. The standard InChI is InChI=1S/C11H22N2OS/c1-9-5-7-13(8-10(9)14-2)6-3-4-11(12)15/h9-10H,3-8H2,1-2H3,(H2,12,15). The maximum atomic E-state index is 5.47. The van der Waals surface area contributed by atoms with Crippen molar-refractivity contribution in [2.24, 2.45) is 11.7 Å². The van der Waals surface area contributed by atoms with E-state index in [0.29, 0.717) is 17.0 Å². The molecule has 0 bridgehead atoms. The first kappa shape index (κ1) is 12.9. The molecular weight excluding hydrogens is 208 g/mol. The molecule has 88 valence electrons. The van der Waals surface area contributed by atoms with Crippen molar-refractivity contribution in [1.82, 2.24) is 4.90 Å². The molecule has 4 heteroatoms. The van der Waals surface area contributed by atoms with Gasteiger partial charge in [-0.25, -0.2) is 0 Å².